The molecule has 0 saturated carbocycles. The van der Waals surface area contributed by atoms with Crippen molar-refractivity contribution in [3.63, 3.8) is 0 Å². The van der Waals surface area contributed by atoms with E-state index < -0.39 is 10.0 Å². The average molecular weight is 359 g/mol. The Kier molecular flexibility index (Phi) is 4.78. The molecule has 134 valence electrons. The number of hydrogen-bond donors (Lipinski definition) is 0. The van der Waals surface area contributed by atoms with Gasteiger partial charge in [0, 0.05) is 6.04 Å². The number of ether oxygens (including phenoxy) is 1. The second-order valence-electron chi connectivity index (χ2n) is 6.78. The molecule has 4 nitrogen and oxygen atoms in total. The van der Waals surface area contributed by atoms with Crippen LogP contribution in [-0.4, -0.2) is 21.1 Å². The smallest absolute Gasteiger partial charge is 0.268 e. The lowest BCUT2D eigenvalue weighted by Gasteiger charge is -2.26. The van der Waals surface area contributed by atoms with Crippen molar-refractivity contribution in [3.05, 3.63) is 53.6 Å². The minimum absolute atomic E-state index is 0.111. The Morgan fingerprint density at radius 3 is 2.60 bits per heavy atom. The molecule has 1 aliphatic rings. The molecule has 0 aliphatic carbocycles. The second kappa shape index (κ2) is 6.71. The largest absolute Gasteiger partial charge is 0.492 e. The molecular weight excluding hydrogens is 334 g/mol. The van der Waals surface area contributed by atoms with Crippen LogP contribution in [0.1, 0.15) is 44.7 Å². The molecule has 1 atom stereocenters. The van der Waals surface area contributed by atoms with Crippen LogP contribution in [0.15, 0.2) is 47.4 Å². The van der Waals surface area contributed by atoms with Gasteiger partial charge >= 0.3 is 0 Å². The molecule has 0 unspecified atom stereocenters. The summed E-state index contributed by atoms with van der Waals surface area (Å²) in [7, 11) is -3.70. The third kappa shape index (κ3) is 3.13. The first kappa shape index (κ1) is 17.8. The van der Waals surface area contributed by atoms with Crippen molar-refractivity contribution in [2.24, 2.45) is 0 Å². The normalized spacial score (nSPS) is 17.0. The SMILES string of the molecule is CCOc1ccc(C(C)C)cc1S(=O)(=O)N1c2ccccc2C[C@@H]1C. The van der Waals surface area contributed by atoms with Crippen molar-refractivity contribution in [2.75, 3.05) is 10.9 Å². The molecule has 5 heteroatoms. The fraction of sp³-hybridized carbons (Fsp3) is 0.400. The molecule has 2 aromatic carbocycles. The first-order valence-electron chi connectivity index (χ1n) is 8.75. The number of sulfonamides is 1. The van der Waals surface area contributed by atoms with Crippen LogP contribution in [0, 0.1) is 0 Å². The van der Waals surface area contributed by atoms with Gasteiger partial charge in [-0.15, -0.1) is 0 Å². The molecule has 1 heterocycles. The van der Waals surface area contributed by atoms with Gasteiger partial charge in [-0.3, -0.25) is 4.31 Å². The highest BCUT2D eigenvalue weighted by molar-refractivity contribution is 7.93. The van der Waals surface area contributed by atoms with Crippen LogP contribution in [0.2, 0.25) is 0 Å². The second-order valence-corrected chi connectivity index (χ2v) is 8.56. The molecule has 0 bridgehead atoms. The molecule has 0 fully saturated rings. The Bertz CT molecular complexity index is 874. The Hall–Kier alpha value is -2.01. The first-order chi connectivity index (χ1) is 11.9. The lowest BCUT2D eigenvalue weighted by molar-refractivity contribution is 0.331. The van der Waals surface area contributed by atoms with Gasteiger partial charge in [0.2, 0.25) is 0 Å². The third-order valence-electron chi connectivity index (χ3n) is 4.62. The highest BCUT2D eigenvalue weighted by Gasteiger charge is 2.37. The van der Waals surface area contributed by atoms with Crippen molar-refractivity contribution in [2.45, 2.75) is 51.0 Å². The topological polar surface area (TPSA) is 46.6 Å². The van der Waals surface area contributed by atoms with Crippen molar-refractivity contribution in [1.29, 1.82) is 0 Å². The number of nitrogens with zero attached hydrogens (tertiary/aromatic N) is 1. The van der Waals surface area contributed by atoms with E-state index in [0.29, 0.717) is 12.4 Å². The van der Waals surface area contributed by atoms with E-state index in [1.807, 2.05) is 44.2 Å². The number of hydrogen-bond acceptors (Lipinski definition) is 3. The van der Waals surface area contributed by atoms with Gasteiger partial charge in [0.25, 0.3) is 10.0 Å². The lowest BCUT2D eigenvalue weighted by Crippen LogP contribution is -2.36. The molecule has 0 radical (unpaired) electrons. The molecule has 0 spiro atoms. The van der Waals surface area contributed by atoms with Crippen LogP contribution in [0.3, 0.4) is 0 Å². The minimum atomic E-state index is -3.70. The maximum atomic E-state index is 13.5. The standard InChI is InChI=1S/C20H25NO3S/c1-5-24-19-11-10-16(14(2)3)13-20(19)25(22,23)21-15(4)12-17-8-6-7-9-18(17)21/h6-11,13-15H,5,12H2,1-4H3/t15-/m0/s1. The highest BCUT2D eigenvalue weighted by atomic mass is 32.2. The molecule has 0 aromatic heterocycles. The Morgan fingerprint density at radius 1 is 1.20 bits per heavy atom. The van der Waals surface area contributed by atoms with E-state index in [2.05, 4.69) is 13.8 Å². The van der Waals surface area contributed by atoms with E-state index in [9.17, 15) is 8.42 Å². The third-order valence-corrected chi connectivity index (χ3v) is 6.57. The zero-order valence-corrected chi connectivity index (χ0v) is 16.0. The quantitative estimate of drug-likeness (QED) is 0.797. The molecule has 0 N–H and O–H groups in total. The van der Waals surface area contributed by atoms with Gasteiger partial charge in [0.1, 0.15) is 10.6 Å². The minimum Gasteiger partial charge on any atom is -0.492 e. The molecule has 0 saturated heterocycles. The Morgan fingerprint density at radius 2 is 1.92 bits per heavy atom. The van der Waals surface area contributed by atoms with Gasteiger partial charge in [0.15, 0.2) is 0 Å². The van der Waals surface area contributed by atoms with Crippen LogP contribution in [-0.2, 0) is 16.4 Å². The number of anilines is 1. The summed E-state index contributed by atoms with van der Waals surface area (Å²) in [6.07, 6.45) is 0.725. The van der Waals surface area contributed by atoms with Crippen LogP contribution in [0.5, 0.6) is 5.75 Å². The monoisotopic (exact) mass is 359 g/mol. The van der Waals surface area contributed by atoms with Gasteiger partial charge in [-0.05, 0) is 55.5 Å². The van der Waals surface area contributed by atoms with E-state index in [4.69, 9.17) is 4.74 Å². The molecule has 0 amide bonds. The van der Waals surface area contributed by atoms with Gasteiger partial charge in [-0.25, -0.2) is 8.42 Å². The van der Waals surface area contributed by atoms with E-state index in [-0.39, 0.29) is 16.9 Å². The maximum absolute atomic E-state index is 13.5. The van der Waals surface area contributed by atoms with Crippen molar-refractivity contribution in [3.8, 4) is 5.75 Å². The van der Waals surface area contributed by atoms with E-state index in [0.717, 1.165) is 23.2 Å². The summed E-state index contributed by atoms with van der Waals surface area (Å²) in [5.74, 6) is 0.663. The van der Waals surface area contributed by atoms with E-state index >= 15 is 0 Å². The maximum Gasteiger partial charge on any atom is 0.268 e. The van der Waals surface area contributed by atoms with Crippen LogP contribution in [0.25, 0.3) is 0 Å². The summed E-state index contributed by atoms with van der Waals surface area (Å²) >= 11 is 0. The Labute approximate surface area is 150 Å². The average Bonchev–Trinajstić information content (AvgIpc) is 2.91. The predicted molar refractivity (Wildman–Crippen MR) is 101 cm³/mol. The number of para-hydroxylation sites is 1. The summed E-state index contributed by atoms with van der Waals surface area (Å²) in [4.78, 5) is 0.254. The highest BCUT2D eigenvalue weighted by Crippen LogP contribution is 2.39. The number of rotatable bonds is 5. The van der Waals surface area contributed by atoms with E-state index in [1.165, 1.54) is 0 Å². The lowest BCUT2D eigenvalue weighted by atomic mass is 10.0. The summed E-state index contributed by atoms with van der Waals surface area (Å²) in [5, 5.41) is 0. The fourth-order valence-electron chi connectivity index (χ4n) is 3.37. The van der Waals surface area contributed by atoms with Crippen LogP contribution < -0.4 is 9.04 Å². The van der Waals surface area contributed by atoms with Gasteiger partial charge in [0.05, 0.1) is 12.3 Å². The van der Waals surface area contributed by atoms with Gasteiger partial charge in [-0.1, -0.05) is 38.1 Å². The Balaban J connectivity index is 2.16. The first-order valence-corrected chi connectivity index (χ1v) is 10.2. The van der Waals surface area contributed by atoms with E-state index in [1.54, 1.807) is 16.4 Å². The molecular formula is C20H25NO3S. The summed E-state index contributed by atoms with van der Waals surface area (Å²) in [6.45, 7) is 8.35. The summed E-state index contributed by atoms with van der Waals surface area (Å²) < 4.78 is 34.2. The van der Waals surface area contributed by atoms with Crippen molar-refractivity contribution >= 4 is 15.7 Å². The van der Waals surface area contributed by atoms with Crippen LogP contribution >= 0.6 is 0 Å². The van der Waals surface area contributed by atoms with Crippen molar-refractivity contribution in [1.82, 2.24) is 0 Å². The van der Waals surface area contributed by atoms with Crippen molar-refractivity contribution < 1.29 is 13.2 Å². The summed E-state index contributed by atoms with van der Waals surface area (Å²) in [6, 6.07) is 13.1. The van der Waals surface area contributed by atoms with Gasteiger partial charge < -0.3 is 4.74 Å². The van der Waals surface area contributed by atoms with Crippen LogP contribution in [0.4, 0.5) is 5.69 Å². The van der Waals surface area contributed by atoms with Gasteiger partial charge in [-0.2, -0.15) is 0 Å². The molecule has 3 rings (SSSR count). The zero-order chi connectivity index (χ0) is 18.2. The molecule has 25 heavy (non-hydrogen) atoms. The summed E-state index contributed by atoms with van der Waals surface area (Å²) in [5.41, 5.74) is 2.83. The zero-order valence-electron chi connectivity index (χ0n) is 15.2. The fourth-order valence-corrected chi connectivity index (χ4v) is 5.23. The molecule has 2 aromatic rings. The number of benzene rings is 2. The predicted octanol–water partition coefficient (Wildman–Crippen LogP) is 4.35. The molecule has 1 aliphatic heterocycles. The number of fused-ring (bicyclic) bond motifs is 1.